The molecule has 0 saturated heterocycles. The topological polar surface area (TPSA) is 101 Å². The number of H-pyrrole nitrogens is 1. The van der Waals surface area contributed by atoms with Crippen molar-refractivity contribution in [3.05, 3.63) is 35.7 Å². The van der Waals surface area contributed by atoms with Crippen LogP contribution in [0.25, 0.3) is 0 Å². The van der Waals surface area contributed by atoms with E-state index in [1.807, 2.05) is 6.92 Å². The first kappa shape index (κ1) is 13.6. The molecule has 19 heavy (non-hydrogen) atoms. The van der Waals surface area contributed by atoms with Crippen LogP contribution in [0.1, 0.15) is 31.3 Å². The lowest BCUT2D eigenvalue weighted by Crippen LogP contribution is -2.27. The maximum Gasteiger partial charge on any atom is 0.241 e. The van der Waals surface area contributed by atoms with Gasteiger partial charge in [-0.2, -0.15) is 5.21 Å². The van der Waals surface area contributed by atoms with Gasteiger partial charge in [-0.1, -0.05) is 24.3 Å². The number of aromatic nitrogens is 4. The van der Waals surface area contributed by atoms with Crippen LogP contribution in [0, 0.1) is 0 Å². The van der Waals surface area contributed by atoms with Gasteiger partial charge in [-0.05, 0) is 31.0 Å². The number of nitrogens with one attached hydrogen (secondary N) is 2. The van der Waals surface area contributed by atoms with Crippen molar-refractivity contribution in [3.63, 3.8) is 0 Å². The number of hydrogen-bond donors (Lipinski definition) is 2. The lowest BCUT2D eigenvalue weighted by molar-refractivity contribution is 0.560. The summed E-state index contributed by atoms with van der Waals surface area (Å²) in [5.74, 6) is 0.300. The van der Waals surface area contributed by atoms with Crippen molar-refractivity contribution in [2.45, 2.75) is 31.2 Å². The molecule has 1 atom stereocenters. The number of benzene rings is 1. The van der Waals surface area contributed by atoms with Crippen molar-refractivity contribution < 1.29 is 8.42 Å². The predicted octanol–water partition coefficient (Wildman–Crippen LogP) is 0.802. The van der Waals surface area contributed by atoms with Gasteiger partial charge in [0.05, 0.1) is 10.9 Å². The molecule has 2 N–H and O–H groups in total. The molecule has 0 aliphatic carbocycles. The lowest BCUT2D eigenvalue weighted by Gasteiger charge is -2.11. The van der Waals surface area contributed by atoms with E-state index in [-0.39, 0.29) is 4.90 Å². The van der Waals surface area contributed by atoms with Crippen molar-refractivity contribution in [3.8, 4) is 0 Å². The predicted molar refractivity (Wildman–Crippen MR) is 68.7 cm³/mol. The number of hydrogen-bond acceptors (Lipinski definition) is 5. The zero-order chi connectivity index (χ0) is 13.9. The normalized spacial score (nSPS) is 13.4. The quantitative estimate of drug-likeness (QED) is 0.844. The molecular formula is C11H15N5O2S. The molecule has 2 rings (SSSR count). The minimum Gasteiger partial charge on any atom is -0.207 e. The molecule has 0 aliphatic rings. The summed E-state index contributed by atoms with van der Waals surface area (Å²) in [7, 11) is -3.58. The molecule has 0 bridgehead atoms. The fourth-order valence-corrected chi connectivity index (χ4v) is 2.81. The molecule has 0 radical (unpaired) electrons. The molecule has 1 unspecified atom stereocenters. The highest BCUT2D eigenvalue weighted by atomic mass is 32.2. The van der Waals surface area contributed by atoms with Crippen LogP contribution in [0.4, 0.5) is 0 Å². The third-order valence-electron chi connectivity index (χ3n) is 2.72. The summed E-state index contributed by atoms with van der Waals surface area (Å²) in [5.41, 5.74) is 1.09. The Morgan fingerprint density at radius 2 is 2.00 bits per heavy atom. The Labute approximate surface area is 111 Å². The molecule has 1 heterocycles. The smallest absolute Gasteiger partial charge is 0.207 e. The molecule has 8 heteroatoms. The number of aromatic amines is 1. The molecule has 0 saturated carbocycles. The van der Waals surface area contributed by atoms with Gasteiger partial charge in [-0.3, -0.25) is 0 Å². The van der Waals surface area contributed by atoms with E-state index in [2.05, 4.69) is 25.3 Å². The molecule has 0 spiro atoms. The third kappa shape index (κ3) is 3.15. The standard InChI is InChI=1S/C11H15N5O2S/c1-3-9-4-6-10(7-5-9)19(17,18)14-8(2)11-12-15-16-13-11/h4-8,14H,3H2,1-2H3,(H,12,13,15,16). The van der Waals surface area contributed by atoms with Gasteiger partial charge in [0.25, 0.3) is 0 Å². The van der Waals surface area contributed by atoms with Gasteiger partial charge in [-0.15, -0.1) is 10.2 Å². The fraction of sp³-hybridized carbons (Fsp3) is 0.364. The first-order chi connectivity index (χ1) is 9.03. The average molecular weight is 281 g/mol. The van der Waals surface area contributed by atoms with Crippen molar-refractivity contribution in [2.24, 2.45) is 0 Å². The fourth-order valence-electron chi connectivity index (χ4n) is 1.61. The second-order valence-corrected chi connectivity index (χ2v) is 5.82. The zero-order valence-electron chi connectivity index (χ0n) is 10.7. The third-order valence-corrected chi connectivity index (χ3v) is 4.28. The summed E-state index contributed by atoms with van der Waals surface area (Å²) in [4.78, 5) is 0.222. The first-order valence-electron chi connectivity index (χ1n) is 5.87. The Hall–Kier alpha value is -1.80. The number of nitrogens with zero attached hydrogens (tertiary/aromatic N) is 3. The van der Waals surface area contributed by atoms with Crippen LogP contribution in [-0.2, 0) is 16.4 Å². The van der Waals surface area contributed by atoms with Crippen LogP contribution >= 0.6 is 0 Å². The van der Waals surface area contributed by atoms with Crippen LogP contribution in [-0.4, -0.2) is 29.0 Å². The summed E-state index contributed by atoms with van der Waals surface area (Å²) in [6.07, 6.45) is 0.868. The average Bonchev–Trinajstić information content (AvgIpc) is 2.92. The van der Waals surface area contributed by atoms with Crippen LogP contribution in [0.5, 0.6) is 0 Å². The Balaban J connectivity index is 2.17. The van der Waals surface area contributed by atoms with E-state index in [0.717, 1.165) is 12.0 Å². The van der Waals surface area contributed by atoms with E-state index in [1.54, 1.807) is 31.2 Å². The minimum absolute atomic E-state index is 0.222. The lowest BCUT2D eigenvalue weighted by atomic mass is 10.2. The highest BCUT2D eigenvalue weighted by Crippen LogP contribution is 2.14. The molecule has 102 valence electrons. The van der Waals surface area contributed by atoms with Gasteiger partial charge in [0.2, 0.25) is 10.0 Å². The van der Waals surface area contributed by atoms with E-state index in [4.69, 9.17) is 0 Å². The number of sulfonamides is 1. The monoisotopic (exact) mass is 281 g/mol. The summed E-state index contributed by atoms with van der Waals surface area (Å²) >= 11 is 0. The van der Waals surface area contributed by atoms with Gasteiger partial charge >= 0.3 is 0 Å². The van der Waals surface area contributed by atoms with Crippen molar-refractivity contribution in [1.29, 1.82) is 0 Å². The highest BCUT2D eigenvalue weighted by molar-refractivity contribution is 7.89. The van der Waals surface area contributed by atoms with Gasteiger partial charge in [0.15, 0.2) is 5.82 Å². The minimum atomic E-state index is -3.58. The Kier molecular flexibility index (Phi) is 3.91. The van der Waals surface area contributed by atoms with Crippen LogP contribution in [0.2, 0.25) is 0 Å². The number of tetrazole rings is 1. The molecule has 1 aromatic carbocycles. The zero-order valence-corrected chi connectivity index (χ0v) is 11.5. The van der Waals surface area contributed by atoms with Gasteiger partial charge in [0, 0.05) is 0 Å². The van der Waals surface area contributed by atoms with Crippen molar-refractivity contribution in [1.82, 2.24) is 25.3 Å². The molecule has 7 nitrogen and oxygen atoms in total. The Morgan fingerprint density at radius 1 is 1.32 bits per heavy atom. The maximum atomic E-state index is 12.1. The molecule has 0 fully saturated rings. The van der Waals surface area contributed by atoms with Crippen LogP contribution in [0.3, 0.4) is 0 Å². The van der Waals surface area contributed by atoms with Crippen molar-refractivity contribution >= 4 is 10.0 Å². The first-order valence-corrected chi connectivity index (χ1v) is 7.36. The second-order valence-electron chi connectivity index (χ2n) is 4.11. The largest absolute Gasteiger partial charge is 0.241 e. The number of rotatable bonds is 5. The Morgan fingerprint density at radius 3 is 2.53 bits per heavy atom. The highest BCUT2D eigenvalue weighted by Gasteiger charge is 2.20. The van der Waals surface area contributed by atoms with Crippen molar-refractivity contribution in [2.75, 3.05) is 0 Å². The van der Waals surface area contributed by atoms with E-state index in [9.17, 15) is 8.42 Å². The molecule has 0 amide bonds. The molecule has 0 aliphatic heterocycles. The van der Waals surface area contributed by atoms with Gasteiger partial charge in [0.1, 0.15) is 0 Å². The van der Waals surface area contributed by atoms with Crippen LogP contribution in [0.15, 0.2) is 29.2 Å². The maximum absolute atomic E-state index is 12.1. The molecule has 2 aromatic rings. The van der Waals surface area contributed by atoms with Crippen LogP contribution < -0.4 is 4.72 Å². The summed E-state index contributed by atoms with van der Waals surface area (Å²) in [6, 6.07) is 6.23. The summed E-state index contributed by atoms with van der Waals surface area (Å²) < 4.78 is 26.8. The summed E-state index contributed by atoms with van der Waals surface area (Å²) in [5, 5.41) is 13.2. The van der Waals surface area contributed by atoms with E-state index < -0.39 is 16.1 Å². The Bertz CT molecular complexity index is 622. The van der Waals surface area contributed by atoms with E-state index in [1.165, 1.54) is 0 Å². The molecular weight excluding hydrogens is 266 g/mol. The summed E-state index contributed by atoms with van der Waals surface area (Å²) in [6.45, 7) is 3.67. The van der Waals surface area contributed by atoms with E-state index in [0.29, 0.717) is 5.82 Å². The molecule has 1 aromatic heterocycles. The van der Waals surface area contributed by atoms with Gasteiger partial charge < -0.3 is 0 Å². The second kappa shape index (κ2) is 5.45. The number of aryl methyl sites for hydroxylation is 1. The SMILES string of the molecule is CCc1ccc(S(=O)(=O)NC(C)c2nn[nH]n2)cc1. The van der Waals surface area contributed by atoms with E-state index >= 15 is 0 Å². The van der Waals surface area contributed by atoms with Gasteiger partial charge in [-0.25, -0.2) is 13.1 Å².